The summed E-state index contributed by atoms with van der Waals surface area (Å²) in [6.45, 7) is 11.4. The first-order valence-electron chi connectivity index (χ1n) is 21.9. The van der Waals surface area contributed by atoms with E-state index in [9.17, 15) is 19.2 Å². The van der Waals surface area contributed by atoms with E-state index in [2.05, 4.69) is 101 Å². The molecule has 2 aliphatic heterocycles. The Morgan fingerprint density at radius 3 is 1.85 bits per heavy atom. The molecular weight excluding hydrogens is 1080 g/mol. The topological polar surface area (TPSA) is 99.9 Å². The zero-order valence-corrected chi connectivity index (χ0v) is 41.8. The number of aryl methyl sites for hydroxylation is 1. The second kappa shape index (κ2) is 15.6. The third kappa shape index (κ3) is 6.50. The van der Waals surface area contributed by atoms with Crippen molar-refractivity contribution in [3.63, 3.8) is 0 Å². The molecule has 3 saturated carbocycles. The molecule has 10 heteroatoms. The number of carbonyl (C=O) groups excluding carboxylic acids is 4. The molecule has 0 radical (unpaired) electrons. The predicted molar refractivity (Wildman–Crippen MR) is 254 cm³/mol. The van der Waals surface area contributed by atoms with Gasteiger partial charge in [-0.3, -0.25) is 19.2 Å². The lowest BCUT2D eigenvalue weighted by Crippen LogP contribution is -2.52. The zero-order chi connectivity index (χ0) is 41.0. The van der Waals surface area contributed by atoms with Crippen LogP contribution in [0.2, 0.25) is 0 Å². The molecule has 7 nitrogen and oxygen atoms in total. The number of carbonyl (C=O) groups is 4. The van der Waals surface area contributed by atoms with Crippen LogP contribution in [0.1, 0.15) is 141 Å². The van der Waals surface area contributed by atoms with E-state index in [-0.39, 0.29) is 86.3 Å². The maximum Gasteiger partial charge on any atom is 0.306 e. The Kier molecular flexibility index (Phi) is 11.7. The molecular formula is C49H59I3O7. The Morgan fingerprint density at radius 2 is 1.25 bits per heavy atom. The minimum Gasteiger partial charge on any atom is -0.466 e. The van der Waals surface area contributed by atoms with Gasteiger partial charge in [-0.1, -0.05) is 68.7 Å². The van der Waals surface area contributed by atoms with Gasteiger partial charge >= 0.3 is 11.9 Å². The lowest BCUT2D eigenvalue weighted by Gasteiger charge is -2.56. The molecule has 11 atom stereocenters. The largest absolute Gasteiger partial charge is 0.466 e. The summed E-state index contributed by atoms with van der Waals surface area (Å²) in [5.74, 6) is 4.49. The van der Waals surface area contributed by atoms with E-state index in [0.29, 0.717) is 49.4 Å². The van der Waals surface area contributed by atoms with Crippen LogP contribution in [-0.4, -0.2) is 34.7 Å². The Balaban J connectivity index is 0.000000158. The summed E-state index contributed by atoms with van der Waals surface area (Å²) < 4.78 is 18.3. The first kappa shape index (κ1) is 44.1. The summed E-state index contributed by atoms with van der Waals surface area (Å²) in [6, 6.07) is 4.20. The summed E-state index contributed by atoms with van der Waals surface area (Å²) in [7, 11) is 0. The number of ketones is 2. The minimum atomic E-state index is -0.306. The van der Waals surface area contributed by atoms with Crippen LogP contribution >= 0.6 is 61.2 Å². The Bertz CT molecular complexity index is 2130. The van der Waals surface area contributed by atoms with Crippen molar-refractivity contribution < 1.29 is 33.1 Å². The van der Waals surface area contributed by atoms with Gasteiger partial charge in [0, 0.05) is 96.4 Å². The number of fused-ring (bicyclic) bond motifs is 12. The molecule has 11 rings (SSSR count). The quantitative estimate of drug-likeness (QED) is 0.157. The molecule has 0 unspecified atom stereocenters. The van der Waals surface area contributed by atoms with Gasteiger partial charge in [0.1, 0.15) is 22.7 Å². The van der Waals surface area contributed by atoms with E-state index < -0.39 is 0 Å². The van der Waals surface area contributed by atoms with Gasteiger partial charge in [-0.2, -0.15) is 0 Å². The Hall–Kier alpha value is -1.55. The highest BCUT2D eigenvalue weighted by Crippen LogP contribution is 2.71. The van der Waals surface area contributed by atoms with Gasteiger partial charge < -0.3 is 13.9 Å². The first-order chi connectivity index (χ1) is 27.6. The second-order valence-corrected chi connectivity index (χ2v) is 20.3. The fourth-order valence-corrected chi connectivity index (χ4v) is 14.7. The highest BCUT2D eigenvalue weighted by molar-refractivity contribution is 15.0. The van der Waals surface area contributed by atoms with Crippen molar-refractivity contribution in [1.82, 2.24) is 0 Å². The minimum absolute atomic E-state index is 0. The summed E-state index contributed by atoms with van der Waals surface area (Å²) in [6.07, 6.45) is 26.3. The number of ether oxygens (including phenoxy) is 2. The van der Waals surface area contributed by atoms with E-state index in [1.165, 1.54) is 22.3 Å². The number of halogens is 3. The molecule has 2 saturated heterocycles. The Labute approximate surface area is 390 Å². The van der Waals surface area contributed by atoms with Gasteiger partial charge in [0.2, 0.25) is 0 Å². The smallest absolute Gasteiger partial charge is 0.306 e. The zero-order valence-electron chi connectivity index (χ0n) is 35.1. The number of hydrogen-bond donors (Lipinski definition) is 0. The molecule has 0 amide bonds. The van der Waals surface area contributed by atoms with Crippen LogP contribution in [-0.2, 0) is 28.7 Å². The monoisotopic (exact) mass is 1140 g/mol. The molecule has 3 heterocycles. The van der Waals surface area contributed by atoms with E-state index >= 15 is 0 Å². The SMILES string of the molecule is C[C@]12CCC(=O)C=C1C=C[C@@H]1C2=CC[C@@]2(C)[C@H]1CC[C@@]21CCC(=O)O1.Cc1ccc([C@@H]2CC3=CC(=O)CC[C@]3(C)C3=CC[C@@]4(C)[C@@H](CC[C@@]45CCC(=O)O5)[C@@H]32)o1.I.II. The number of furan rings is 1. The van der Waals surface area contributed by atoms with Gasteiger partial charge in [-0.05, 0) is 125 Å². The number of esters is 2. The van der Waals surface area contributed by atoms with Crippen molar-refractivity contribution in [2.45, 2.75) is 148 Å². The van der Waals surface area contributed by atoms with E-state index in [1.54, 1.807) is 0 Å². The second-order valence-electron chi connectivity index (χ2n) is 20.3. The molecule has 1 aromatic rings. The normalized spacial score (nSPS) is 43.3. The fraction of sp³-hybridized carbons (Fsp3) is 0.633. The van der Waals surface area contributed by atoms with Crippen LogP contribution in [0.4, 0.5) is 0 Å². The average molecular weight is 1140 g/mol. The summed E-state index contributed by atoms with van der Waals surface area (Å²) in [4.78, 5) is 48.3. The van der Waals surface area contributed by atoms with Crippen LogP contribution in [0.15, 0.2) is 75.3 Å². The van der Waals surface area contributed by atoms with Crippen LogP contribution in [0, 0.1) is 52.3 Å². The van der Waals surface area contributed by atoms with Gasteiger partial charge in [-0.25, -0.2) is 0 Å². The van der Waals surface area contributed by atoms with Crippen LogP contribution in [0.25, 0.3) is 0 Å². The van der Waals surface area contributed by atoms with Crippen molar-refractivity contribution >= 4 is 84.7 Å². The van der Waals surface area contributed by atoms with Crippen LogP contribution in [0.5, 0.6) is 0 Å². The van der Waals surface area contributed by atoms with Crippen molar-refractivity contribution in [3.05, 3.63) is 82.4 Å². The van der Waals surface area contributed by atoms with Gasteiger partial charge in [-0.15, -0.1) is 24.0 Å². The highest BCUT2D eigenvalue weighted by Gasteiger charge is 2.68. The van der Waals surface area contributed by atoms with E-state index in [0.717, 1.165) is 82.1 Å². The lowest BCUT2D eigenvalue weighted by molar-refractivity contribution is -0.161. The molecule has 2 spiro atoms. The summed E-state index contributed by atoms with van der Waals surface area (Å²) in [5.41, 5.74) is 4.94. The molecule has 318 valence electrons. The van der Waals surface area contributed by atoms with Crippen LogP contribution < -0.4 is 0 Å². The van der Waals surface area contributed by atoms with Gasteiger partial charge in [0.25, 0.3) is 0 Å². The molecule has 1 aromatic heterocycles. The van der Waals surface area contributed by atoms with Gasteiger partial charge in [0.05, 0.1) is 0 Å². The number of allylic oxidation sites excluding steroid dienone is 10. The van der Waals surface area contributed by atoms with Crippen molar-refractivity contribution in [1.29, 1.82) is 0 Å². The maximum absolute atomic E-state index is 12.3. The molecule has 0 N–H and O–H groups in total. The highest BCUT2D eigenvalue weighted by atomic mass is 128. The number of hydrogen-bond acceptors (Lipinski definition) is 7. The Morgan fingerprint density at radius 1 is 0.678 bits per heavy atom. The summed E-state index contributed by atoms with van der Waals surface area (Å²) >= 11 is 4.24. The van der Waals surface area contributed by atoms with Crippen molar-refractivity contribution in [2.75, 3.05) is 0 Å². The van der Waals surface area contributed by atoms with Crippen molar-refractivity contribution in [3.8, 4) is 0 Å². The maximum atomic E-state index is 12.3. The van der Waals surface area contributed by atoms with E-state index in [1.807, 2.05) is 19.1 Å². The van der Waals surface area contributed by atoms with Gasteiger partial charge in [0.15, 0.2) is 11.6 Å². The van der Waals surface area contributed by atoms with Crippen molar-refractivity contribution in [2.24, 2.45) is 45.3 Å². The first-order valence-corrected chi connectivity index (χ1v) is 28.1. The third-order valence-electron chi connectivity index (χ3n) is 18.1. The summed E-state index contributed by atoms with van der Waals surface area (Å²) in [5, 5.41) is 0. The predicted octanol–water partition coefficient (Wildman–Crippen LogP) is 12.5. The van der Waals surface area contributed by atoms with Crippen LogP contribution in [0.3, 0.4) is 0 Å². The van der Waals surface area contributed by atoms with E-state index in [4.69, 9.17) is 13.9 Å². The standard InChI is InChI=1S/C27H32O4.C22H26O3.I2.HI/c1-16-4-5-22(30-16)19-15-17-14-18(28)6-10-25(17,2)20-7-11-26(3)21(24(19)20)8-12-27(26)13-9-23(29)31-27;1-20-9-5-15(23)13-14(20)3-4-16-17(20)6-10-21(2)18(16)7-11-22(21)12-8-19(24)25-22;1-2;/h4-5,7,14,19,21,24H,6,8-13,15H2,1-3H3;3-4,6,13,16,18H,5,7-12H2,1-2H3;;1H/t19-,21-,24+,25-,26-,27+;16-,18+,20+,21+,22-;;/m01../s1. The fourth-order valence-electron chi connectivity index (χ4n) is 14.7. The number of rotatable bonds is 1. The molecule has 0 bridgehead atoms. The molecule has 5 fully saturated rings. The molecule has 8 aliphatic carbocycles. The molecule has 59 heavy (non-hydrogen) atoms. The molecule has 10 aliphatic rings. The molecule has 0 aromatic carbocycles. The third-order valence-corrected chi connectivity index (χ3v) is 18.1. The average Bonchev–Trinajstić information content (AvgIpc) is 4.02. The lowest BCUT2D eigenvalue weighted by atomic mass is 9.48.